The van der Waals surface area contributed by atoms with Gasteiger partial charge in [0.1, 0.15) is 0 Å². The number of unbranched alkanes of at least 4 members (excludes halogenated alkanes) is 6. The average molecular weight is 457 g/mol. The van der Waals surface area contributed by atoms with Gasteiger partial charge in [-0.25, -0.2) is 0 Å². The lowest BCUT2D eigenvalue weighted by Crippen LogP contribution is -2.58. The summed E-state index contributed by atoms with van der Waals surface area (Å²) < 4.78 is 25.2. The molecule has 188 valence electrons. The van der Waals surface area contributed by atoms with Gasteiger partial charge in [-0.15, -0.1) is 0 Å². The maximum atomic E-state index is 10.0. The molecule has 32 heavy (non-hydrogen) atoms. The number of hydrogen-bond donors (Lipinski definition) is 2. The van der Waals surface area contributed by atoms with E-state index in [2.05, 4.69) is 13.8 Å². The smallest absolute Gasteiger partial charge is 0.168 e. The van der Waals surface area contributed by atoms with Gasteiger partial charge in [-0.2, -0.15) is 0 Å². The maximum absolute atomic E-state index is 10.0. The van der Waals surface area contributed by atoms with Crippen LogP contribution >= 0.6 is 0 Å². The van der Waals surface area contributed by atoms with Crippen molar-refractivity contribution < 1.29 is 29.2 Å². The molecule has 3 aliphatic rings. The van der Waals surface area contributed by atoms with Gasteiger partial charge in [-0.05, 0) is 12.8 Å². The normalized spacial score (nSPS) is 37.9. The zero-order chi connectivity index (χ0) is 23.0. The van der Waals surface area contributed by atoms with E-state index in [4.69, 9.17) is 18.9 Å². The quantitative estimate of drug-likeness (QED) is 0.405. The Bertz CT molecular complexity index is 474. The minimum absolute atomic E-state index is 0.118. The van der Waals surface area contributed by atoms with Crippen molar-refractivity contribution in [2.45, 2.75) is 115 Å². The molecule has 0 aromatic heterocycles. The van der Waals surface area contributed by atoms with Crippen LogP contribution in [0.1, 0.15) is 104 Å². The van der Waals surface area contributed by atoms with Gasteiger partial charge in [0.25, 0.3) is 0 Å². The van der Waals surface area contributed by atoms with Gasteiger partial charge in [-0.3, -0.25) is 0 Å². The van der Waals surface area contributed by atoms with E-state index < -0.39 is 11.6 Å². The number of rotatable bonds is 12. The van der Waals surface area contributed by atoms with E-state index in [1.165, 1.54) is 38.5 Å². The van der Waals surface area contributed by atoms with Crippen LogP contribution in [-0.4, -0.2) is 61.4 Å². The van der Waals surface area contributed by atoms with Gasteiger partial charge in [-0.1, -0.05) is 65.2 Å². The molecule has 1 saturated carbocycles. The largest absolute Gasteiger partial charge is 0.396 e. The lowest BCUT2D eigenvalue weighted by atomic mass is 9.80. The SMILES string of the molecule is CCCCCCC1(CO)COC2(CCC3(CC2)OCC(CO)(CCCCCC)CO3)OC1. The summed E-state index contributed by atoms with van der Waals surface area (Å²) in [6.45, 7) is 6.92. The monoisotopic (exact) mass is 456 g/mol. The Hall–Kier alpha value is -0.240. The third kappa shape index (κ3) is 6.45. The van der Waals surface area contributed by atoms with E-state index in [0.717, 1.165) is 51.4 Å². The molecule has 2 saturated heterocycles. The number of ether oxygens (including phenoxy) is 4. The van der Waals surface area contributed by atoms with Crippen LogP contribution in [0.25, 0.3) is 0 Å². The first kappa shape index (κ1) is 26.4. The Kier molecular flexibility index (Phi) is 9.84. The molecule has 1 aliphatic carbocycles. The Morgan fingerprint density at radius 1 is 0.531 bits per heavy atom. The summed E-state index contributed by atoms with van der Waals surface area (Å²) in [7, 11) is 0. The molecule has 2 aliphatic heterocycles. The van der Waals surface area contributed by atoms with Crippen molar-refractivity contribution in [3.05, 3.63) is 0 Å². The molecule has 0 aromatic carbocycles. The molecule has 0 atom stereocenters. The van der Waals surface area contributed by atoms with Crippen LogP contribution in [0.5, 0.6) is 0 Å². The fourth-order valence-corrected chi connectivity index (χ4v) is 5.38. The minimum Gasteiger partial charge on any atom is -0.396 e. The van der Waals surface area contributed by atoms with Crippen molar-refractivity contribution in [1.82, 2.24) is 0 Å². The fraction of sp³-hybridized carbons (Fsp3) is 1.00. The number of aliphatic hydroxyl groups excluding tert-OH is 2. The topological polar surface area (TPSA) is 77.4 Å². The summed E-state index contributed by atoms with van der Waals surface area (Å²) in [5.74, 6) is -1.13. The van der Waals surface area contributed by atoms with E-state index in [0.29, 0.717) is 26.4 Å². The van der Waals surface area contributed by atoms with Crippen molar-refractivity contribution in [2.24, 2.45) is 10.8 Å². The highest BCUT2D eigenvalue weighted by atomic mass is 16.7. The van der Waals surface area contributed by atoms with Gasteiger partial charge >= 0.3 is 0 Å². The van der Waals surface area contributed by atoms with Gasteiger partial charge < -0.3 is 29.2 Å². The standard InChI is InChI=1S/C26H48O6/c1-3-5-7-9-11-23(17-27)19-29-25(30-20-23)13-15-26(16-14-25)31-21-24(18-28,22-32-26)12-10-8-6-4-2/h27-28H,3-22H2,1-2H3. The molecule has 0 amide bonds. The predicted octanol–water partition coefficient (Wildman–Crippen LogP) is 4.94. The summed E-state index contributed by atoms with van der Waals surface area (Å²) in [5.41, 5.74) is -0.519. The zero-order valence-electron chi connectivity index (χ0n) is 20.7. The second-order valence-corrected chi connectivity index (χ2v) is 10.9. The third-order valence-corrected chi connectivity index (χ3v) is 8.13. The second-order valence-electron chi connectivity index (χ2n) is 10.9. The Labute approximate surface area is 195 Å². The first-order valence-electron chi connectivity index (χ1n) is 13.3. The van der Waals surface area contributed by atoms with Crippen LogP contribution in [0, 0.1) is 10.8 Å². The van der Waals surface area contributed by atoms with E-state index in [-0.39, 0.29) is 24.0 Å². The molecule has 0 radical (unpaired) electrons. The van der Waals surface area contributed by atoms with Gasteiger partial charge in [0.2, 0.25) is 0 Å². The Morgan fingerprint density at radius 3 is 1.16 bits per heavy atom. The molecule has 6 heteroatoms. The summed E-state index contributed by atoms with van der Waals surface area (Å²) in [4.78, 5) is 0. The predicted molar refractivity (Wildman–Crippen MR) is 124 cm³/mol. The van der Waals surface area contributed by atoms with E-state index >= 15 is 0 Å². The minimum atomic E-state index is -0.564. The van der Waals surface area contributed by atoms with Crippen LogP contribution in [0.2, 0.25) is 0 Å². The van der Waals surface area contributed by atoms with Gasteiger partial charge in [0.05, 0.1) is 39.6 Å². The van der Waals surface area contributed by atoms with Crippen molar-refractivity contribution in [3.63, 3.8) is 0 Å². The lowest BCUT2D eigenvalue weighted by molar-refractivity contribution is -0.371. The van der Waals surface area contributed by atoms with Crippen molar-refractivity contribution >= 4 is 0 Å². The van der Waals surface area contributed by atoms with Crippen LogP contribution in [-0.2, 0) is 18.9 Å². The van der Waals surface area contributed by atoms with Crippen LogP contribution < -0.4 is 0 Å². The maximum Gasteiger partial charge on any atom is 0.168 e. The zero-order valence-corrected chi connectivity index (χ0v) is 20.7. The van der Waals surface area contributed by atoms with Crippen molar-refractivity contribution in [1.29, 1.82) is 0 Å². The first-order chi connectivity index (χ1) is 15.5. The van der Waals surface area contributed by atoms with Crippen LogP contribution in [0.3, 0.4) is 0 Å². The average Bonchev–Trinajstić information content (AvgIpc) is 2.85. The first-order valence-corrected chi connectivity index (χ1v) is 13.3. The molecule has 3 fully saturated rings. The summed E-state index contributed by atoms with van der Waals surface area (Å²) >= 11 is 0. The molecule has 0 unspecified atom stereocenters. The molecule has 0 aromatic rings. The third-order valence-electron chi connectivity index (χ3n) is 8.13. The molecule has 2 heterocycles. The van der Waals surface area contributed by atoms with Crippen molar-refractivity contribution in [3.8, 4) is 0 Å². The fourth-order valence-electron chi connectivity index (χ4n) is 5.38. The highest BCUT2D eigenvalue weighted by Crippen LogP contribution is 2.48. The molecule has 0 bridgehead atoms. The van der Waals surface area contributed by atoms with E-state index in [1.807, 2.05) is 0 Å². The highest BCUT2D eigenvalue weighted by Gasteiger charge is 2.53. The van der Waals surface area contributed by atoms with E-state index in [1.54, 1.807) is 0 Å². The molecular formula is C26H48O6. The Balaban J connectivity index is 1.45. The van der Waals surface area contributed by atoms with E-state index in [9.17, 15) is 10.2 Å². The molecule has 3 rings (SSSR count). The van der Waals surface area contributed by atoms with Crippen LogP contribution in [0.4, 0.5) is 0 Å². The summed E-state index contributed by atoms with van der Waals surface area (Å²) in [6, 6.07) is 0. The molecule has 6 nitrogen and oxygen atoms in total. The summed E-state index contributed by atoms with van der Waals surface area (Å²) in [5, 5.41) is 20.1. The van der Waals surface area contributed by atoms with Gasteiger partial charge in [0, 0.05) is 36.5 Å². The number of aliphatic hydroxyl groups is 2. The number of hydrogen-bond acceptors (Lipinski definition) is 6. The summed E-state index contributed by atoms with van der Waals surface area (Å²) in [6.07, 6.45) is 14.4. The molecule has 2 spiro atoms. The Morgan fingerprint density at radius 2 is 0.875 bits per heavy atom. The van der Waals surface area contributed by atoms with Crippen LogP contribution in [0.15, 0.2) is 0 Å². The molecule has 2 N–H and O–H groups in total. The van der Waals surface area contributed by atoms with Crippen molar-refractivity contribution in [2.75, 3.05) is 39.6 Å². The highest BCUT2D eigenvalue weighted by molar-refractivity contribution is 4.94. The lowest BCUT2D eigenvalue weighted by Gasteiger charge is -2.53. The van der Waals surface area contributed by atoms with Gasteiger partial charge in [0.15, 0.2) is 11.6 Å². The molecular weight excluding hydrogens is 408 g/mol. The second kappa shape index (κ2) is 11.9.